The molecule has 3 N–H and O–H groups in total. The van der Waals surface area contributed by atoms with Crippen molar-refractivity contribution < 1.29 is 13.2 Å². The number of rotatable bonds is 5. The molecule has 0 aliphatic carbocycles. The van der Waals surface area contributed by atoms with Crippen LogP contribution in [0.1, 0.15) is 19.8 Å². The fourth-order valence-corrected chi connectivity index (χ4v) is 2.61. The van der Waals surface area contributed by atoms with Crippen LogP contribution >= 0.6 is 0 Å². The van der Waals surface area contributed by atoms with Gasteiger partial charge >= 0.3 is 0 Å². The van der Waals surface area contributed by atoms with Gasteiger partial charge in [-0.25, -0.2) is 13.6 Å². The molecule has 5 nitrogen and oxygen atoms in total. The monoisotopic (exact) mass is 318 g/mol. The fourth-order valence-electron chi connectivity index (χ4n) is 2.05. The van der Waals surface area contributed by atoms with Gasteiger partial charge in [-0.15, -0.1) is 0 Å². The van der Waals surface area contributed by atoms with Crippen LogP contribution in [-0.2, 0) is 14.8 Å². The zero-order chi connectivity index (χ0) is 16.2. The molecule has 22 heavy (non-hydrogen) atoms. The second-order valence-corrected chi connectivity index (χ2v) is 6.51. The highest BCUT2D eigenvalue weighted by atomic mass is 32.2. The molecule has 0 aliphatic heterocycles. The van der Waals surface area contributed by atoms with Crippen LogP contribution in [0.25, 0.3) is 11.1 Å². The number of nitrogens with one attached hydrogen (secondary N) is 1. The number of carbonyl (C=O) groups excluding carboxylic acids is 1. The normalized spacial score (nSPS) is 11.2. The van der Waals surface area contributed by atoms with Crippen molar-refractivity contribution in [3.05, 3.63) is 48.5 Å². The lowest BCUT2D eigenvalue weighted by molar-refractivity contribution is -0.116. The third-order valence-electron chi connectivity index (χ3n) is 3.14. The minimum absolute atomic E-state index is 0.0218. The van der Waals surface area contributed by atoms with Crippen molar-refractivity contribution in [1.82, 2.24) is 0 Å². The Morgan fingerprint density at radius 1 is 1.09 bits per heavy atom. The minimum atomic E-state index is -3.72. The van der Waals surface area contributed by atoms with Crippen LogP contribution in [0.15, 0.2) is 53.4 Å². The molecule has 0 atom stereocenters. The Morgan fingerprint density at radius 2 is 1.77 bits per heavy atom. The van der Waals surface area contributed by atoms with E-state index in [0.29, 0.717) is 12.1 Å². The number of hydrogen-bond donors (Lipinski definition) is 2. The summed E-state index contributed by atoms with van der Waals surface area (Å²) in [6.07, 6.45) is 1.28. The molecule has 0 aliphatic rings. The van der Waals surface area contributed by atoms with Crippen molar-refractivity contribution >= 4 is 21.6 Å². The number of sulfonamides is 1. The highest BCUT2D eigenvalue weighted by molar-refractivity contribution is 7.89. The van der Waals surface area contributed by atoms with Gasteiger partial charge < -0.3 is 5.32 Å². The quantitative estimate of drug-likeness (QED) is 0.888. The molecule has 2 aromatic rings. The number of benzene rings is 2. The van der Waals surface area contributed by atoms with Crippen molar-refractivity contribution in [3.8, 4) is 11.1 Å². The first kappa shape index (κ1) is 16.2. The maximum atomic E-state index is 11.5. The van der Waals surface area contributed by atoms with E-state index in [1.54, 1.807) is 24.3 Å². The van der Waals surface area contributed by atoms with Gasteiger partial charge in [-0.1, -0.05) is 31.2 Å². The van der Waals surface area contributed by atoms with E-state index < -0.39 is 10.0 Å². The highest BCUT2D eigenvalue weighted by Gasteiger charge is 2.09. The summed E-state index contributed by atoms with van der Waals surface area (Å²) in [5.74, 6) is -0.0218. The van der Waals surface area contributed by atoms with E-state index in [4.69, 9.17) is 5.14 Å². The summed E-state index contributed by atoms with van der Waals surface area (Å²) in [6.45, 7) is 1.95. The maximum absolute atomic E-state index is 11.5. The molecular weight excluding hydrogens is 300 g/mol. The zero-order valence-corrected chi connectivity index (χ0v) is 13.1. The Labute approximate surface area is 130 Å². The van der Waals surface area contributed by atoms with Crippen LogP contribution in [0.3, 0.4) is 0 Å². The van der Waals surface area contributed by atoms with Gasteiger partial charge in [0.1, 0.15) is 0 Å². The van der Waals surface area contributed by atoms with E-state index in [9.17, 15) is 13.2 Å². The molecule has 2 rings (SSSR count). The molecule has 0 spiro atoms. The van der Waals surface area contributed by atoms with E-state index in [1.807, 2.05) is 19.1 Å². The lowest BCUT2D eigenvalue weighted by Crippen LogP contribution is -2.12. The predicted octanol–water partition coefficient (Wildman–Crippen LogP) is 2.74. The molecule has 6 heteroatoms. The molecule has 0 radical (unpaired) electrons. The standard InChI is InChI=1S/C16H18N2O3S/c1-2-4-16(19)18-14-9-7-12(8-10-14)13-5-3-6-15(11-13)22(17,20)21/h3,5-11H,2,4H2,1H3,(H,18,19)(H2,17,20,21). The van der Waals surface area contributed by atoms with Crippen LogP contribution in [0.4, 0.5) is 5.69 Å². The third-order valence-corrected chi connectivity index (χ3v) is 4.05. The number of primary sulfonamides is 1. The van der Waals surface area contributed by atoms with E-state index in [-0.39, 0.29) is 10.8 Å². The van der Waals surface area contributed by atoms with Crippen LogP contribution < -0.4 is 10.5 Å². The smallest absolute Gasteiger partial charge is 0.238 e. The SMILES string of the molecule is CCCC(=O)Nc1ccc(-c2cccc(S(N)(=O)=O)c2)cc1. The Hall–Kier alpha value is -2.18. The molecule has 0 saturated heterocycles. The predicted molar refractivity (Wildman–Crippen MR) is 86.8 cm³/mol. The van der Waals surface area contributed by atoms with E-state index in [0.717, 1.165) is 17.5 Å². The lowest BCUT2D eigenvalue weighted by Gasteiger charge is -2.07. The summed E-state index contributed by atoms with van der Waals surface area (Å²) >= 11 is 0. The van der Waals surface area contributed by atoms with Crippen molar-refractivity contribution in [2.24, 2.45) is 5.14 Å². The van der Waals surface area contributed by atoms with E-state index in [2.05, 4.69) is 5.32 Å². The van der Waals surface area contributed by atoms with Gasteiger partial charge in [0.15, 0.2) is 0 Å². The number of nitrogens with two attached hydrogens (primary N) is 1. The molecular formula is C16H18N2O3S. The minimum Gasteiger partial charge on any atom is -0.326 e. The van der Waals surface area contributed by atoms with Crippen molar-refractivity contribution in [1.29, 1.82) is 0 Å². The Balaban J connectivity index is 2.22. The average molecular weight is 318 g/mol. The molecule has 0 unspecified atom stereocenters. The van der Waals surface area contributed by atoms with Gasteiger partial charge in [-0.05, 0) is 41.8 Å². The molecule has 0 bridgehead atoms. The van der Waals surface area contributed by atoms with Crippen LogP contribution in [-0.4, -0.2) is 14.3 Å². The Morgan fingerprint density at radius 3 is 2.36 bits per heavy atom. The molecule has 116 valence electrons. The maximum Gasteiger partial charge on any atom is 0.238 e. The van der Waals surface area contributed by atoms with E-state index >= 15 is 0 Å². The molecule has 1 amide bonds. The molecule has 0 aromatic heterocycles. The molecule has 0 heterocycles. The second-order valence-electron chi connectivity index (χ2n) is 4.95. The van der Waals surface area contributed by atoms with Crippen molar-refractivity contribution in [3.63, 3.8) is 0 Å². The third kappa shape index (κ3) is 4.16. The summed E-state index contributed by atoms with van der Waals surface area (Å²) in [4.78, 5) is 11.6. The molecule has 0 saturated carbocycles. The van der Waals surface area contributed by atoms with Gasteiger partial charge in [0.05, 0.1) is 4.90 Å². The van der Waals surface area contributed by atoms with Crippen LogP contribution in [0.5, 0.6) is 0 Å². The van der Waals surface area contributed by atoms with Gasteiger partial charge in [0.25, 0.3) is 0 Å². The van der Waals surface area contributed by atoms with Crippen molar-refractivity contribution in [2.75, 3.05) is 5.32 Å². The van der Waals surface area contributed by atoms with E-state index in [1.165, 1.54) is 12.1 Å². The molecule has 0 fully saturated rings. The first-order chi connectivity index (χ1) is 10.4. The Kier molecular flexibility index (Phi) is 4.95. The average Bonchev–Trinajstić information content (AvgIpc) is 2.47. The van der Waals surface area contributed by atoms with Crippen LogP contribution in [0.2, 0.25) is 0 Å². The zero-order valence-electron chi connectivity index (χ0n) is 12.2. The topological polar surface area (TPSA) is 89.3 Å². The lowest BCUT2D eigenvalue weighted by atomic mass is 10.1. The summed E-state index contributed by atoms with van der Waals surface area (Å²) in [5.41, 5.74) is 2.31. The van der Waals surface area contributed by atoms with Gasteiger partial charge in [0, 0.05) is 12.1 Å². The first-order valence-electron chi connectivity index (χ1n) is 6.93. The van der Waals surface area contributed by atoms with Crippen LogP contribution in [0, 0.1) is 0 Å². The first-order valence-corrected chi connectivity index (χ1v) is 8.48. The summed E-state index contributed by atoms with van der Waals surface area (Å²) < 4.78 is 22.8. The van der Waals surface area contributed by atoms with Gasteiger partial charge in [0.2, 0.25) is 15.9 Å². The highest BCUT2D eigenvalue weighted by Crippen LogP contribution is 2.23. The Bertz CT molecular complexity index is 768. The van der Waals surface area contributed by atoms with Crippen molar-refractivity contribution in [2.45, 2.75) is 24.7 Å². The fraction of sp³-hybridized carbons (Fsp3) is 0.188. The summed E-state index contributed by atoms with van der Waals surface area (Å²) in [6, 6.07) is 13.6. The largest absolute Gasteiger partial charge is 0.326 e. The van der Waals surface area contributed by atoms with Gasteiger partial charge in [-0.3, -0.25) is 4.79 Å². The number of hydrogen-bond acceptors (Lipinski definition) is 3. The summed E-state index contributed by atoms with van der Waals surface area (Å²) in [5, 5.41) is 7.94. The second kappa shape index (κ2) is 6.72. The number of carbonyl (C=O) groups is 1. The van der Waals surface area contributed by atoms with Gasteiger partial charge in [-0.2, -0.15) is 0 Å². The number of amides is 1. The summed E-state index contributed by atoms with van der Waals surface area (Å²) in [7, 11) is -3.72. The number of anilines is 1. The molecule has 2 aromatic carbocycles.